The Morgan fingerprint density at radius 1 is 0.929 bits per heavy atom. The second-order valence-electron chi connectivity index (χ2n) is 13.0. The zero-order chi connectivity index (χ0) is 30.4. The fourth-order valence-electron chi connectivity index (χ4n) is 6.64. The van der Waals surface area contributed by atoms with E-state index in [0.29, 0.717) is 42.0 Å². The van der Waals surface area contributed by atoms with Crippen molar-refractivity contribution in [2.45, 2.75) is 66.2 Å². The Kier molecular flexibility index (Phi) is 7.77. The molecule has 2 aromatic rings. The van der Waals surface area contributed by atoms with Gasteiger partial charge >= 0.3 is 0 Å². The van der Waals surface area contributed by atoms with Crippen LogP contribution >= 0.6 is 0 Å². The Morgan fingerprint density at radius 2 is 1.52 bits per heavy atom. The molecule has 0 bridgehead atoms. The summed E-state index contributed by atoms with van der Waals surface area (Å²) in [5.74, 6) is -0.723. The van der Waals surface area contributed by atoms with Gasteiger partial charge in [-0.3, -0.25) is 14.4 Å². The van der Waals surface area contributed by atoms with Crippen molar-refractivity contribution in [1.82, 2.24) is 4.90 Å². The SMILES string of the molecule is CCN1C2=C(C(=O)CC(C)(C)C2)C(c2ccc(OCC(=O)Nc3ccccc3F)c(OC)c2)C2=C1CC(C)(C)CC2=O. The number of nitrogens with one attached hydrogen (secondary N) is 1. The molecular formula is C34H39FN2O5. The van der Waals surface area contributed by atoms with Gasteiger partial charge in [-0.05, 0) is 60.4 Å². The topological polar surface area (TPSA) is 84.9 Å². The third-order valence-corrected chi connectivity index (χ3v) is 8.37. The molecule has 0 atom stereocenters. The highest BCUT2D eigenvalue weighted by Gasteiger charge is 2.48. The third-order valence-electron chi connectivity index (χ3n) is 8.37. The number of hydrogen-bond donors (Lipinski definition) is 1. The highest BCUT2D eigenvalue weighted by atomic mass is 19.1. The molecule has 222 valence electrons. The molecule has 42 heavy (non-hydrogen) atoms. The summed E-state index contributed by atoms with van der Waals surface area (Å²) >= 11 is 0. The van der Waals surface area contributed by atoms with Crippen molar-refractivity contribution in [3.8, 4) is 11.5 Å². The van der Waals surface area contributed by atoms with Crippen LogP contribution in [0, 0.1) is 16.6 Å². The van der Waals surface area contributed by atoms with E-state index >= 15 is 0 Å². The molecule has 0 saturated heterocycles. The number of Topliss-reactive ketones (excluding diaryl/α,β-unsaturated/α-hetero) is 2. The molecule has 7 nitrogen and oxygen atoms in total. The molecule has 1 amide bonds. The molecule has 1 heterocycles. The number of ether oxygens (including phenoxy) is 2. The highest BCUT2D eigenvalue weighted by molar-refractivity contribution is 6.06. The van der Waals surface area contributed by atoms with Crippen LogP contribution in [0.15, 0.2) is 65.0 Å². The lowest BCUT2D eigenvalue weighted by Gasteiger charge is -2.48. The van der Waals surface area contributed by atoms with Gasteiger partial charge < -0.3 is 19.7 Å². The number of para-hydroxylation sites is 1. The summed E-state index contributed by atoms with van der Waals surface area (Å²) < 4.78 is 25.4. The van der Waals surface area contributed by atoms with Crippen LogP contribution < -0.4 is 14.8 Å². The molecule has 5 rings (SSSR count). The average molecular weight is 575 g/mol. The fraction of sp³-hybridized carbons (Fsp3) is 0.441. The number of rotatable bonds is 7. The number of anilines is 1. The summed E-state index contributed by atoms with van der Waals surface area (Å²) in [6, 6.07) is 11.2. The van der Waals surface area contributed by atoms with Gasteiger partial charge in [0.1, 0.15) is 5.82 Å². The lowest BCUT2D eigenvalue weighted by Crippen LogP contribution is -2.44. The predicted molar refractivity (Wildman–Crippen MR) is 159 cm³/mol. The first-order valence-corrected chi connectivity index (χ1v) is 14.5. The average Bonchev–Trinajstić information content (AvgIpc) is 2.90. The Bertz CT molecular complexity index is 1470. The molecule has 2 aromatic carbocycles. The van der Waals surface area contributed by atoms with Crippen LogP contribution in [0.5, 0.6) is 11.5 Å². The maximum Gasteiger partial charge on any atom is 0.262 e. The first-order chi connectivity index (χ1) is 19.8. The van der Waals surface area contributed by atoms with Crippen LogP contribution in [0.1, 0.15) is 71.8 Å². The second-order valence-corrected chi connectivity index (χ2v) is 13.0. The maximum absolute atomic E-state index is 13.9. The number of carbonyl (C=O) groups is 3. The molecule has 0 fully saturated rings. The number of amides is 1. The lowest BCUT2D eigenvalue weighted by atomic mass is 9.63. The van der Waals surface area contributed by atoms with Gasteiger partial charge in [0.2, 0.25) is 0 Å². The Labute approximate surface area is 246 Å². The predicted octanol–water partition coefficient (Wildman–Crippen LogP) is 6.56. The molecule has 2 aliphatic carbocycles. The van der Waals surface area contributed by atoms with Gasteiger partial charge in [0.15, 0.2) is 29.7 Å². The minimum atomic E-state index is -0.537. The van der Waals surface area contributed by atoms with Gasteiger partial charge in [-0.15, -0.1) is 0 Å². The van der Waals surface area contributed by atoms with E-state index in [2.05, 4.69) is 44.8 Å². The molecule has 8 heteroatoms. The Balaban J connectivity index is 1.52. The van der Waals surface area contributed by atoms with Crippen LogP contribution in [0.4, 0.5) is 10.1 Å². The molecule has 0 radical (unpaired) electrons. The second kappa shape index (κ2) is 11.0. The van der Waals surface area contributed by atoms with Gasteiger partial charge in [-0.1, -0.05) is 45.9 Å². The molecule has 1 N–H and O–H groups in total. The van der Waals surface area contributed by atoms with E-state index in [1.165, 1.54) is 19.2 Å². The maximum atomic E-state index is 13.9. The van der Waals surface area contributed by atoms with Gasteiger partial charge in [0.05, 0.1) is 12.8 Å². The minimum absolute atomic E-state index is 0.0676. The monoisotopic (exact) mass is 574 g/mol. The van der Waals surface area contributed by atoms with Crippen molar-refractivity contribution in [2.24, 2.45) is 10.8 Å². The van der Waals surface area contributed by atoms with Crippen molar-refractivity contribution in [1.29, 1.82) is 0 Å². The van der Waals surface area contributed by atoms with Gasteiger partial charge in [0, 0.05) is 47.8 Å². The number of halogens is 1. The van der Waals surface area contributed by atoms with Crippen molar-refractivity contribution in [3.63, 3.8) is 0 Å². The summed E-state index contributed by atoms with van der Waals surface area (Å²) in [6.45, 7) is 10.9. The number of nitrogens with zero attached hydrogens (tertiary/aromatic N) is 1. The third kappa shape index (κ3) is 5.59. The summed E-state index contributed by atoms with van der Waals surface area (Å²) in [7, 11) is 1.50. The fourth-order valence-corrected chi connectivity index (χ4v) is 6.64. The Hall–Kier alpha value is -3.94. The number of benzene rings is 2. The quantitative estimate of drug-likeness (QED) is 0.403. The standard InChI is InChI=1S/C34H39FN2O5/c1-7-37-23-15-33(2,3)17-25(38)31(23)30(32-24(37)16-34(4,5)18-26(32)39)20-12-13-27(28(14-20)41-6)42-19-29(40)36-22-11-9-8-10-21(22)35/h8-14,30H,7,15-19H2,1-6H3,(H,36,40). The van der Waals surface area contributed by atoms with Crippen LogP contribution in [0.2, 0.25) is 0 Å². The van der Waals surface area contributed by atoms with E-state index in [4.69, 9.17) is 9.47 Å². The molecule has 0 aromatic heterocycles. The van der Waals surface area contributed by atoms with E-state index in [1.807, 2.05) is 6.07 Å². The number of allylic oxidation sites excluding steroid dienone is 4. The van der Waals surface area contributed by atoms with Crippen molar-refractivity contribution in [2.75, 3.05) is 25.6 Å². The van der Waals surface area contributed by atoms with E-state index in [0.717, 1.165) is 29.8 Å². The zero-order valence-electron chi connectivity index (χ0n) is 25.2. The molecule has 0 unspecified atom stereocenters. The largest absolute Gasteiger partial charge is 0.493 e. The van der Waals surface area contributed by atoms with Crippen molar-refractivity contribution >= 4 is 23.2 Å². The molecule has 0 saturated carbocycles. The number of ketones is 2. The number of carbonyl (C=O) groups excluding carboxylic acids is 3. The lowest BCUT2D eigenvalue weighted by molar-refractivity contribution is -0.120. The van der Waals surface area contributed by atoms with E-state index in [-0.39, 0.29) is 34.7 Å². The zero-order valence-corrected chi connectivity index (χ0v) is 25.2. The minimum Gasteiger partial charge on any atom is -0.493 e. The van der Waals surface area contributed by atoms with Crippen LogP contribution in [0.3, 0.4) is 0 Å². The summed E-state index contributed by atoms with van der Waals surface area (Å²) in [6.07, 6.45) is 2.33. The van der Waals surface area contributed by atoms with E-state index in [1.54, 1.807) is 24.3 Å². The molecule has 3 aliphatic rings. The first-order valence-electron chi connectivity index (χ1n) is 14.5. The normalized spacial score (nSPS) is 19.8. The van der Waals surface area contributed by atoms with Gasteiger partial charge in [0.25, 0.3) is 5.91 Å². The van der Waals surface area contributed by atoms with E-state index in [9.17, 15) is 18.8 Å². The molecular weight excluding hydrogens is 535 g/mol. The van der Waals surface area contributed by atoms with Gasteiger partial charge in [-0.25, -0.2) is 4.39 Å². The summed E-state index contributed by atoms with van der Waals surface area (Å²) in [4.78, 5) is 42.3. The molecule has 0 spiro atoms. The Morgan fingerprint density at radius 3 is 2.07 bits per heavy atom. The summed E-state index contributed by atoms with van der Waals surface area (Å²) in [5.41, 5.74) is 3.89. The number of hydrogen-bond acceptors (Lipinski definition) is 6. The van der Waals surface area contributed by atoms with E-state index < -0.39 is 17.6 Å². The van der Waals surface area contributed by atoms with Crippen LogP contribution in [0.25, 0.3) is 0 Å². The van der Waals surface area contributed by atoms with Crippen LogP contribution in [-0.4, -0.2) is 42.6 Å². The van der Waals surface area contributed by atoms with Crippen molar-refractivity contribution < 1.29 is 28.2 Å². The van der Waals surface area contributed by atoms with Crippen molar-refractivity contribution in [3.05, 3.63) is 76.4 Å². The smallest absolute Gasteiger partial charge is 0.262 e. The van der Waals surface area contributed by atoms with Gasteiger partial charge in [-0.2, -0.15) is 0 Å². The first kappa shape index (κ1) is 29.5. The van der Waals surface area contributed by atoms with Crippen LogP contribution in [-0.2, 0) is 14.4 Å². The highest BCUT2D eigenvalue weighted by Crippen LogP contribution is 2.54. The molecule has 1 aliphatic heterocycles. The summed E-state index contributed by atoms with van der Waals surface area (Å²) in [5, 5.41) is 2.50. The number of methoxy groups -OCH3 is 1.